The van der Waals surface area contributed by atoms with E-state index in [0.717, 1.165) is 4.90 Å². The minimum Gasteiger partial charge on any atom is -0.368 e. The van der Waals surface area contributed by atoms with E-state index in [1.165, 1.54) is 24.3 Å². The van der Waals surface area contributed by atoms with Gasteiger partial charge in [-0.3, -0.25) is 29.4 Å². The number of primary amides is 1. The highest BCUT2D eigenvalue weighted by Crippen LogP contribution is 2.32. The second-order valence-electron chi connectivity index (χ2n) is 4.09. The van der Waals surface area contributed by atoms with Crippen molar-refractivity contribution >= 4 is 40.6 Å². The number of nitro benzene ring substituents is 1. The van der Waals surface area contributed by atoms with Crippen molar-refractivity contribution in [2.24, 2.45) is 5.73 Å². The van der Waals surface area contributed by atoms with Crippen LogP contribution in [0.3, 0.4) is 0 Å². The van der Waals surface area contributed by atoms with Crippen LogP contribution in [-0.2, 0) is 9.59 Å². The van der Waals surface area contributed by atoms with Gasteiger partial charge in [-0.15, -0.1) is 0 Å². The van der Waals surface area contributed by atoms with Gasteiger partial charge in [-0.25, -0.2) is 0 Å². The lowest BCUT2D eigenvalue weighted by atomic mass is 10.2. The first-order valence-corrected chi connectivity index (χ1v) is 6.48. The van der Waals surface area contributed by atoms with Crippen LogP contribution in [0.4, 0.5) is 10.5 Å². The molecule has 1 aromatic rings. The molecule has 108 valence electrons. The fourth-order valence-electron chi connectivity index (χ4n) is 1.67. The molecule has 1 fully saturated rings. The van der Waals surface area contributed by atoms with E-state index >= 15 is 0 Å². The zero-order valence-corrected chi connectivity index (χ0v) is 11.3. The van der Waals surface area contributed by atoms with Crippen molar-refractivity contribution in [1.82, 2.24) is 4.90 Å². The first kappa shape index (κ1) is 14.7. The number of nitro groups is 1. The van der Waals surface area contributed by atoms with E-state index in [4.69, 9.17) is 5.73 Å². The van der Waals surface area contributed by atoms with Crippen molar-refractivity contribution in [1.29, 1.82) is 0 Å². The number of imide groups is 1. The van der Waals surface area contributed by atoms with Gasteiger partial charge in [0.15, 0.2) is 0 Å². The SMILES string of the molecule is NC(=O)CN1C(=O)S/C(=C\c2cccc([N+](=O)[O-])c2)C1=O. The molecule has 0 aromatic heterocycles. The number of benzene rings is 1. The van der Waals surface area contributed by atoms with E-state index in [0.29, 0.717) is 17.3 Å². The number of hydrogen-bond acceptors (Lipinski definition) is 6. The zero-order chi connectivity index (χ0) is 15.6. The number of thioether (sulfide) groups is 1. The molecule has 1 aliphatic rings. The minimum atomic E-state index is -0.797. The zero-order valence-electron chi connectivity index (χ0n) is 10.5. The van der Waals surface area contributed by atoms with Crippen LogP contribution in [0, 0.1) is 10.1 Å². The molecule has 2 rings (SSSR count). The number of carbonyl (C=O) groups is 3. The molecule has 0 bridgehead atoms. The summed E-state index contributed by atoms with van der Waals surface area (Å²) in [6.07, 6.45) is 1.36. The van der Waals surface area contributed by atoms with Crippen molar-refractivity contribution in [3.63, 3.8) is 0 Å². The van der Waals surface area contributed by atoms with Gasteiger partial charge in [0, 0.05) is 12.1 Å². The van der Waals surface area contributed by atoms with E-state index in [9.17, 15) is 24.5 Å². The van der Waals surface area contributed by atoms with Crippen molar-refractivity contribution in [3.05, 3.63) is 44.8 Å². The highest BCUT2D eigenvalue weighted by Gasteiger charge is 2.35. The average Bonchev–Trinajstić information content (AvgIpc) is 2.66. The van der Waals surface area contributed by atoms with Crippen LogP contribution in [0.15, 0.2) is 29.2 Å². The Balaban J connectivity index is 2.28. The maximum Gasteiger partial charge on any atom is 0.294 e. The molecule has 1 heterocycles. The Kier molecular flexibility index (Phi) is 4.03. The van der Waals surface area contributed by atoms with Crippen LogP contribution in [0.2, 0.25) is 0 Å². The molecule has 3 amide bonds. The molecule has 1 aliphatic heterocycles. The van der Waals surface area contributed by atoms with Gasteiger partial charge < -0.3 is 5.73 Å². The number of nitrogens with two attached hydrogens (primary N) is 1. The van der Waals surface area contributed by atoms with Crippen LogP contribution in [0.25, 0.3) is 6.08 Å². The van der Waals surface area contributed by atoms with Gasteiger partial charge in [0.2, 0.25) is 5.91 Å². The van der Waals surface area contributed by atoms with Gasteiger partial charge in [-0.1, -0.05) is 12.1 Å². The molecule has 0 saturated carbocycles. The Morgan fingerprint density at radius 1 is 1.43 bits per heavy atom. The standard InChI is InChI=1S/C12H9N3O5S/c13-10(16)6-14-11(17)9(21-12(14)18)5-7-2-1-3-8(4-7)15(19)20/h1-5H,6H2,(H2,13,16)/b9-5-. The smallest absolute Gasteiger partial charge is 0.294 e. The summed E-state index contributed by atoms with van der Waals surface area (Å²) < 4.78 is 0. The minimum absolute atomic E-state index is 0.0850. The Bertz CT molecular complexity index is 685. The number of non-ortho nitro benzene ring substituents is 1. The maximum absolute atomic E-state index is 11.9. The van der Waals surface area contributed by atoms with Crippen LogP contribution < -0.4 is 5.73 Å². The van der Waals surface area contributed by atoms with Crippen LogP contribution in [0.5, 0.6) is 0 Å². The lowest BCUT2D eigenvalue weighted by molar-refractivity contribution is -0.384. The van der Waals surface area contributed by atoms with Crippen molar-refractivity contribution in [3.8, 4) is 0 Å². The molecule has 1 saturated heterocycles. The van der Waals surface area contributed by atoms with Gasteiger partial charge >= 0.3 is 0 Å². The van der Waals surface area contributed by atoms with E-state index in [1.54, 1.807) is 6.07 Å². The number of carbonyl (C=O) groups excluding carboxylic acids is 3. The molecule has 9 heteroatoms. The maximum atomic E-state index is 11.9. The second kappa shape index (κ2) is 5.75. The van der Waals surface area contributed by atoms with Crippen molar-refractivity contribution in [2.75, 3.05) is 6.54 Å². The number of hydrogen-bond donors (Lipinski definition) is 1. The third-order valence-corrected chi connectivity index (χ3v) is 3.47. The molecule has 0 spiro atoms. The highest BCUT2D eigenvalue weighted by atomic mass is 32.2. The molecule has 8 nitrogen and oxygen atoms in total. The van der Waals surface area contributed by atoms with Gasteiger partial charge in [0.1, 0.15) is 6.54 Å². The summed E-state index contributed by atoms with van der Waals surface area (Å²) in [5, 5.41) is 10.1. The summed E-state index contributed by atoms with van der Waals surface area (Å²) in [7, 11) is 0. The van der Waals surface area contributed by atoms with Crippen molar-refractivity contribution in [2.45, 2.75) is 0 Å². The summed E-state index contributed by atoms with van der Waals surface area (Å²) >= 11 is 0.654. The molecular weight excluding hydrogens is 298 g/mol. The molecule has 21 heavy (non-hydrogen) atoms. The summed E-state index contributed by atoms with van der Waals surface area (Å²) in [4.78, 5) is 45.3. The first-order valence-electron chi connectivity index (χ1n) is 5.66. The molecule has 1 aromatic carbocycles. The molecule has 0 atom stereocenters. The summed E-state index contributed by atoms with van der Waals surface area (Å²) in [5.74, 6) is -1.44. The molecule has 0 aliphatic carbocycles. The number of rotatable bonds is 4. The third-order valence-electron chi connectivity index (χ3n) is 2.57. The third kappa shape index (κ3) is 3.26. The molecular formula is C12H9N3O5S. The predicted octanol–water partition coefficient (Wildman–Crippen LogP) is 1.12. The van der Waals surface area contributed by atoms with Crippen LogP contribution in [-0.4, -0.2) is 33.4 Å². The first-order chi connectivity index (χ1) is 9.88. The normalized spacial score (nSPS) is 16.6. The monoisotopic (exact) mass is 307 g/mol. The van der Waals surface area contributed by atoms with E-state index in [2.05, 4.69) is 0 Å². The topological polar surface area (TPSA) is 124 Å². The van der Waals surface area contributed by atoms with Gasteiger partial charge in [-0.2, -0.15) is 0 Å². The summed E-state index contributed by atoms with van der Waals surface area (Å²) in [6.45, 7) is -0.489. The number of amides is 3. The van der Waals surface area contributed by atoms with Crippen LogP contribution in [0.1, 0.15) is 5.56 Å². The van der Waals surface area contributed by atoms with Gasteiger partial charge in [0.05, 0.1) is 9.83 Å². The molecule has 0 radical (unpaired) electrons. The predicted molar refractivity (Wildman–Crippen MR) is 75.0 cm³/mol. The summed E-state index contributed by atoms with van der Waals surface area (Å²) in [6, 6.07) is 5.63. The Morgan fingerprint density at radius 3 is 2.76 bits per heavy atom. The van der Waals surface area contributed by atoms with E-state index < -0.39 is 28.5 Å². The largest absolute Gasteiger partial charge is 0.368 e. The quantitative estimate of drug-likeness (QED) is 0.505. The van der Waals surface area contributed by atoms with E-state index in [-0.39, 0.29) is 10.6 Å². The van der Waals surface area contributed by atoms with Crippen LogP contribution >= 0.6 is 11.8 Å². The summed E-state index contributed by atoms with van der Waals surface area (Å²) in [5.41, 5.74) is 5.25. The highest BCUT2D eigenvalue weighted by molar-refractivity contribution is 8.18. The van der Waals surface area contributed by atoms with Crippen molar-refractivity contribution < 1.29 is 19.3 Å². The Labute approximate surface area is 122 Å². The van der Waals surface area contributed by atoms with E-state index in [1.807, 2.05) is 0 Å². The molecule has 0 unspecified atom stereocenters. The fraction of sp³-hybridized carbons (Fsp3) is 0.0833. The Hall–Kier alpha value is -2.68. The second-order valence-corrected chi connectivity index (χ2v) is 5.08. The Morgan fingerprint density at radius 2 is 2.14 bits per heavy atom. The van der Waals surface area contributed by atoms with Gasteiger partial charge in [-0.05, 0) is 23.4 Å². The lowest BCUT2D eigenvalue weighted by Gasteiger charge is -2.08. The molecule has 2 N–H and O–H groups in total. The number of nitrogens with zero attached hydrogens (tertiary/aromatic N) is 2. The van der Waals surface area contributed by atoms with Gasteiger partial charge in [0.25, 0.3) is 16.8 Å². The average molecular weight is 307 g/mol. The fourth-order valence-corrected chi connectivity index (χ4v) is 2.51. The lowest BCUT2D eigenvalue weighted by Crippen LogP contribution is -2.36.